The van der Waals surface area contributed by atoms with E-state index in [1.165, 1.54) is 11.1 Å². The van der Waals surface area contributed by atoms with Gasteiger partial charge in [0, 0.05) is 0 Å². The maximum atomic E-state index is 2.66. The summed E-state index contributed by atoms with van der Waals surface area (Å²) in [5, 5.41) is 2.08. The van der Waals surface area contributed by atoms with Crippen molar-refractivity contribution >= 4 is 48.3 Å². The molecule has 0 aliphatic heterocycles. The molecule has 0 bridgehead atoms. The van der Waals surface area contributed by atoms with E-state index in [1.54, 1.807) is 21.9 Å². The molecule has 0 aromatic heterocycles. The third-order valence-corrected chi connectivity index (χ3v) is 21.3. The summed E-state index contributed by atoms with van der Waals surface area (Å²) in [5.74, 6) is -0.886. The smallest absolute Gasteiger partial charge is 0.147 e. The van der Waals surface area contributed by atoms with Crippen molar-refractivity contribution in [1.29, 1.82) is 0 Å². The molecule has 154 valence electrons. The van der Waals surface area contributed by atoms with Gasteiger partial charge in [-0.1, -0.05) is 0 Å². The zero-order valence-electron chi connectivity index (χ0n) is 18.5. The summed E-state index contributed by atoms with van der Waals surface area (Å²) in [7, 11) is 0. The Balaban J connectivity index is 0. The van der Waals surface area contributed by atoms with Gasteiger partial charge >= 0.3 is 159 Å². The Morgan fingerprint density at radius 3 is 1.59 bits per heavy atom. The molecule has 0 spiro atoms. The van der Waals surface area contributed by atoms with E-state index in [4.69, 9.17) is 0 Å². The normalized spacial score (nSPS) is 19.0. The fourth-order valence-corrected chi connectivity index (χ4v) is 15.3. The Morgan fingerprint density at radius 1 is 0.815 bits per heavy atom. The number of aryl methyl sites for hydroxylation is 2. The Labute approximate surface area is 195 Å². The zero-order valence-corrected chi connectivity index (χ0v) is 23.5. The molecule has 1 aromatic rings. The van der Waals surface area contributed by atoms with E-state index in [-0.39, 0.29) is 55.6 Å². The molecule has 0 saturated heterocycles. The maximum Gasteiger partial charge on any atom is -0.147 e. The largest absolute Gasteiger partial charge is 0.147 e. The SMILES string of the molecule is CC1=C(C)C(C)[C]([Ti][Si](C)(c2cc(C)cc(C)c2)C(C)(C)C)=C1C.Cl.Cl.Cl. The van der Waals surface area contributed by atoms with Crippen LogP contribution >= 0.6 is 37.2 Å². The number of benzene rings is 1. The first kappa shape index (κ1) is 29.7. The van der Waals surface area contributed by atoms with Gasteiger partial charge in [0.2, 0.25) is 0 Å². The summed E-state index contributed by atoms with van der Waals surface area (Å²) in [6.45, 7) is 24.1. The third kappa shape index (κ3) is 5.77. The van der Waals surface area contributed by atoms with Gasteiger partial charge < -0.3 is 0 Å². The van der Waals surface area contributed by atoms with Crippen LogP contribution in [0, 0.1) is 19.8 Å². The predicted octanol–water partition coefficient (Wildman–Crippen LogP) is 7.49. The van der Waals surface area contributed by atoms with E-state index >= 15 is 0 Å². The molecular weight excluding hydrogens is 447 g/mol. The molecular formula is C22H37Cl3SiTi. The van der Waals surface area contributed by atoms with Crippen molar-refractivity contribution in [2.24, 2.45) is 5.92 Å². The van der Waals surface area contributed by atoms with E-state index in [0.29, 0.717) is 11.0 Å². The Morgan fingerprint density at radius 2 is 1.26 bits per heavy atom. The monoisotopic (exact) mass is 482 g/mol. The van der Waals surface area contributed by atoms with Crippen LogP contribution in [0.25, 0.3) is 0 Å². The molecule has 0 heterocycles. The van der Waals surface area contributed by atoms with E-state index < -0.39 is 5.94 Å². The molecule has 27 heavy (non-hydrogen) atoms. The number of hydrogen-bond donors (Lipinski definition) is 0. The van der Waals surface area contributed by atoms with Gasteiger partial charge in [0.1, 0.15) is 0 Å². The Hall–Kier alpha value is 0.501. The molecule has 2 atom stereocenters. The van der Waals surface area contributed by atoms with E-state index in [2.05, 4.69) is 87.1 Å². The van der Waals surface area contributed by atoms with E-state index in [9.17, 15) is 0 Å². The minimum Gasteiger partial charge on any atom is -0.147 e. The molecule has 5 heteroatoms. The van der Waals surface area contributed by atoms with Gasteiger partial charge in [-0.05, 0) is 0 Å². The fraction of sp³-hybridized carbons (Fsp3) is 0.545. The second-order valence-corrected chi connectivity index (χ2v) is 20.2. The molecule has 0 saturated carbocycles. The van der Waals surface area contributed by atoms with Crippen LogP contribution in [0.5, 0.6) is 0 Å². The van der Waals surface area contributed by atoms with Crippen LogP contribution in [-0.4, -0.2) is 5.94 Å². The second kappa shape index (κ2) is 10.5. The van der Waals surface area contributed by atoms with Crippen LogP contribution in [0.1, 0.15) is 59.6 Å². The average molecular weight is 484 g/mol. The van der Waals surface area contributed by atoms with Crippen LogP contribution < -0.4 is 5.19 Å². The van der Waals surface area contributed by atoms with Gasteiger partial charge in [-0.2, -0.15) is 0 Å². The van der Waals surface area contributed by atoms with Crippen molar-refractivity contribution in [1.82, 2.24) is 0 Å². The molecule has 2 unspecified atom stereocenters. The molecule has 0 N–H and O–H groups in total. The summed E-state index contributed by atoms with van der Waals surface area (Å²) in [4.78, 5) is 0. The molecule has 0 amide bonds. The van der Waals surface area contributed by atoms with Crippen LogP contribution in [-0.2, 0) is 18.4 Å². The predicted molar refractivity (Wildman–Crippen MR) is 129 cm³/mol. The van der Waals surface area contributed by atoms with Crippen molar-refractivity contribution in [3.8, 4) is 0 Å². The second-order valence-electron chi connectivity index (χ2n) is 8.94. The molecule has 0 radical (unpaired) electrons. The summed E-state index contributed by atoms with van der Waals surface area (Å²) in [6, 6.07) is 7.31. The van der Waals surface area contributed by atoms with Crippen molar-refractivity contribution in [3.05, 3.63) is 49.9 Å². The number of halogens is 3. The Kier molecular flexibility index (Phi) is 11.6. The van der Waals surface area contributed by atoms with Crippen LogP contribution in [0.2, 0.25) is 11.6 Å². The van der Waals surface area contributed by atoms with Crippen molar-refractivity contribution < 1.29 is 18.4 Å². The van der Waals surface area contributed by atoms with Gasteiger partial charge in [-0.15, -0.1) is 37.2 Å². The van der Waals surface area contributed by atoms with Crippen molar-refractivity contribution in [2.75, 3.05) is 0 Å². The Bertz CT molecular complexity index is 711. The van der Waals surface area contributed by atoms with E-state index in [1.807, 2.05) is 3.88 Å². The maximum absolute atomic E-state index is 2.66. The van der Waals surface area contributed by atoms with Crippen LogP contribution in [0.3, 0.4) is 0 Å². The quantitative estimate of drug-likeness (QED) is 0.391. The van der Waals surface area contributed by atoms with Gasteiger partial charge in [0.15, 0.2) is 0 Å². The first-order chi connectivity index (χ1) is 10.9. The third-order valence-electron chi connectivity index (χ3n) is 6.32. The first-order valence-corrected chi connectivity index (χ1v) is 14.8. The molecule has 1 aromatic carbocycles. The first-order valence-electron chi connectivity index (χ1n) is 9.14. The molecule has 1 aliphatic rings. The van der Waals surface area contributed by atoms with E-state index in [0.717, 1.165) is 0 Å². The van der Waals surface area contributed by atoms with Crippen molar-refractivity contribution in [3.63, 3.8) is 0 Å². The van der Waals surface area contributed by atoms with Crippen LogP contribution in [0.15, 0.2) is 38.8 Å². The minimum atomic E-state index is -1.56. The summed E-state index contributed by atoms with van der Waals surface area (Å²) in [5.41, 5.74) is 7.64. The number of hydrogen-bond acceptors (Lipinski definition) is 0. The number of rotatable bonds is 3. The van der Waals surface area contributed by atoms with Gasteiger partial charge in [-0.25, -0.2) is 0 Å². The standard InChI is InChI=1S/C13H21Si.C9H13.3ClH.Ti/c1-10-7-11(2)9-12(8-10)14(6)13(3,4)5;1-6-5-7(2)9(4)8(6)3;;;;/h7-9H,1-6H3;6H,1-4H3;3*1H;. The van der Waals surface area contributed by atoms with Gasteiger partial charge in [0.25, 0.3) is 0 Å². The summed E-state index contributed by atoms with van der Waals surface area (Å²) >= 11 is -0.152. The number of allylic oxidation sites excluding steroid dienone is 4. The topological polar surface area (TPSA) is 0 Å². The molecule has 1 aliphatic carbocycles. The van der Waals surface area contributed by atoms with Crippen molar-refractivity contribution in [2.45, 2.75) is 73.9 Å². The van der Waals surface area contributed by atoms with Gasteiger partial charge in [-0.3, -0.25) is 0 Å². The zero-order chi connectivity index (χ0) is 18.4. The van der Waals surface area contributed by atoms with Gasteiger partial charge in [0.05, 0.1) is 0 Å². The average Bonchev–Trinajstić information content (AvgIpc) is 2.62. The molecule has 0 nitrogen and oxygen atoms in total. The minimum absolute atomic E-state index is 0. The molecule has 2 rings (SSSR count). The summed E-state index contributed by atoms with van der Waals surface area (Å²) < 4.78 is 1.83. The summed E-state index contributed by atoms with van der Waals surface area (Å²) in [6.07, 6.45) is 0. The fourth-order valence-electron chi connectivity index (χ4n) is 3.79. The molecule has 0 fully saturated rings. The van der Waals surface area contributed by atoms with Crippen LogP contribution in [0.4, 0.5) is 0 Å².